The molecule has 1 aromatic heterocycles. The van der Waals surface area contributed by atoms with Crippen LogP contribution in [0.3, 0.4) is 0 Å². The maximum absolute atomic E-state index is 13.4. The number of Topliss-reactive ketones (excluding diaryl/α,β-unsaturated/α-hetero) is 1. The highest BCUT2D eigenvalue weighted by Gasteiger charge is 2.34. The second kappa shape index (κ2) is 18.7. The van der Waals surface area contributed by atoms with E-state index in [0.717, 1.165) is 38.5 Å². The number of rotatable bonds is 15. The highest BCUT2D eigenvalue weighted by Crippen LogP contribution is 2.27. The monoisotopic (exact) mass is 723 g/mol. The van der Waals surface area contributed by atoms with Crippen LogP contribution < -0.4 is 26.7 Å². The molecule has 6 amide bonds. The number of fused-ring (bicyclic) bond motifs is 1. The highest BCUT2D eigenvalue weighted by atomic mass is 16.4. The van der Waals surface area contributed by atoms with Crippen LogP contribution in [0.25, 0.3) is 10.9 Å². The molecule has 278 valence electrons. The van der Waals surface area contributed by atoms with E-state index in [4.69, 9.17) is 0 Å². The van der Waals surface area contributed by atoms with E-state index in [1.165, 1.54) is 17.2 Å². The Morgan fingerprint density at radius 2 is 1.45 bits per heavy atom. The number of H-pyrrole nitrogens is 1. The van der Waals surface area contributed by atoms with E-state index in [1.54, 1.807) is 53.4 Å². The number of para-hydroxylation sites is 1. The summed E-state index contributed by atoms with van der Waals surface area (Å²) in [6.07, 6.45) is 6.98. The van der Waals surface area contributed by atoms with Crippen LogP contribution in [0.1, 0.15) is 66.2 Å². The second-order valence-corrected chi connectivity index (χ2v) is 13.1. The molecule has 3 aromatic carbocycles. The molecule has 0 radical (unpaired) electrons. The molecule has 0 saturated carbocycles. The maximum Gasteiger partial charge on any atom is 0.488 e. The Hall–Kier alpha value is -5.67. The molecule has 2 heterocycles. The lowest BCUT2D eigenvalue weighted by molar-refractivity contribution is -0.130. The van der Waals surface area contributed by atoms with Crippen LogP contribution in [0.5, 0.6) is 0 Å². The van der Waals surface area contributed by atoms with Crippen molar-refractivity contribution in [1.82, 2.24) is 25.4 Å². The van der Waals surface area contributed by atoms with Crippen LogP contribution in [-0.4, -0.2) is 100 Å². The van der Waals surface area contributed by atoms with Gasteiger partial charge in [0.05, 0.1) is 16.8 Å². The Labute approximate surface area is 308 Å². The van der Waals surface area contributed by atoms with Gasteiger partial charge in [-0.1, -0.05) is 68.1 Å². The molecule has 1 unspecified atom stereocenters. The molecule has 1 atom stereocenters. The van der Waals surface area contributed by atoms with Crippen LogP contribution in [0.2, 0.25) is 0 Å². The van der Waals surface area contributed by atoms with Crippen molar-refractivity contribution < 1.29 is 34.0 Å². The molecule has 0 spiro atoms. The summed E-state index contributed by atoms with van der Waals surface area (Å²) in [5.41, 5.74) is 2.58. The SMILES string of the molecule is CC1CN(C(=O)c2ccccc2)CCN1C(=O)C(=O)c1c[nH]c2c(NC(=O)NCCCCCCCCNC(=O)Nc3cccc(B(O)O)c3)cccc12. The summed E-state index contributed by atoms with van der Waals surface area (Å²) in [6.45, 7) is 3.73. The van der Waals surface area contributed by atoms with Crippen molar-refractivity contribution in [3.63, 3.8) is 0 Å². The molecule has 53 heavy (non-hydrogen) atoms. The summed E-state index contributed by atoms with van der Waals surface area (Å²) >= 11 is 0. The minimum Gasteiger partial charge on any atom is -0.423 e. The first kappa shape index (κ1) is 38.6. The van der Waals surface area contributed by atoms with Gasteiger partial charge in [-0.2, -0.15) is 0 Å². The lowest BCUT2D eigenvalue weighted by Crippen LogP contribution is -2.56. The second-order valence-electron chi connectivity index (χ2n) is 13.1. The van der Waals surface area contributed by atoms with Crippen molar-refractivity contribution in [2.75, 3.05) is 43.4 Å². The van der Waals surface area contributed by atoms with Gasteiger partial charge in [0.15, 0.2) is 0 Å². The highest BCUT2D eigenvalue weighted by molar-refractivity contribution is 6.58. The first-order chi connectivity index (χ1) is 25.6. The van der Waals surface area contributed by atoms with Crippen LogP contribution in [0.15, 0.2) is 79.0 Å². The number of aromatic nitrogens is 1. The number of hydrogen-bond acceptors (Lipinski definition) is 7. The van der Waals surface area contributed by atoms with Gasteiger partial charge in [0.1, 0.15) is 0 Å². The number of hydrogen-bond donors (Lipinski definition) is 7. The molecular formula is C38H46BN7O7. The van der Waals surface area contributed by atoms with Crippen molar-refractivity contribution in [3.8, 4) is 0 Å². The third-order valence-electron chi connectivity index (χ3n) is 9.22. The molecule has 4 aromatic rings. The Kier molecular flexibility index (Phi) is 13.6. The summed E-state index contributed by atoms with van der Waals surface area (Å²) in [6, 6.07) is 19.4. The first-order valence-corrected chi connectivity index (χ1v) is 18.0. The van der Waals surface area contributed by atoms with E-state index in [-0.39, 0.29) is 36.1 Å². The fraction of sp³-hybridized carbons (Fsp3) is 0.342. The molecule has 0 aliphatic carbocycles. The normalized spacial score (nSPS) is 14.1. The number of ketones is 1. The van der Waals surface area contributed by atoms with Gasteiger partial charge in [-0.15, -0.1) is 0 Å². The van der Waals surface area contributed by atoms with Crippen LogP contribution in [0.4, 0.5) is 21.0 Å². The predicted octanol–water partition coefficient (Wildman–Crippen LogP) is 3.69. The topological polar surface area (TPSA) is 196 Å². The van der Waals surface area contributed by atoms with Gasteiger partial charge in [-0.3, -0.25) is 14.4 Å². The smallest absolute Gasteiger partial charge is 0.423 e. The van der Waals surface area contributed by atoms with Crippen molar-refractivity contribution in [3.05, 3.63) is 90.1 Å². The fourth-order valence-electron chi connectivity index (χ4n) is 6.38. The molecule has 1 fully saturated rings. The molecule has 14 nitrogen and oxygen atoms in total. The number of carbonyl (C=O) groups excluding carboxylic acids is 5. The lowest BCUT2D eigenvalue weighted by atomic mass is 9.80. The largest absolute Gasteiger partial charge is 0.488 e. The van der Waals surface area contributed by atoms with E-state index < -0.39 is 18.8 Å². The van der Waals surface area contributed by atoms with Gasteiger partial charge >= 0.3 is 19.2 Å². The minimum atomic E-state index is -1.60. The van der Waals surface area contributed by atoms with Crippen LogP contribution >= 0.6 is 0 Å². The van der Waals surface area contributed by atoms with Gasteiger partial charge in [0.25, 0.3) is 17.6 Å². The molecule has 5 rings (SSSR count). The molecule has 1 saturated heterocycles. The summed E-state index contributed by atoms with van der Waals surface area (Å²) in [4.78, 5) is 70.7. The number of urea groups is 2. The Bertz CT molecular complexity index is 1900. The van der Waals surface area contributed by atoms with E-state index in [1.807, 2.05) is 25.1 Å². The fourth-order valence-corrected chi connectivity index (χ4v) is 6.38. The standard InChI is InChI=1S/C38H46BN7O7/c1-26-25-45(35(48)27-13-7-6-8-14-27)21-22-46(26)36(49)34(47)31-24-42-33-30(31)17-12-18-32(33)44-38(51)41-20-10-5-3-2-4-9-19-40-37(50)43-29-16-11-15-28(23-29)39(52)53/h6-8,11-18,23-24,26,42,52-53H,2-5,9-10,19-22,25H2,1H3,(H2,40,43,50)(H2,41,44,51). The van der Waals surface area contributed by atoms with Gasteiger partial charge < -0.3 is 46.1 Å². The number of anilines is 2. The molecular weight excluding hydrogens is 677 g/mol. The van der Waals surface area contributed by atoms with Crippen molar-refractivity contribution >= 4 is 64.5 Å². The number of carbonyl (C=O) groups is 5. The quantitative estimate of drug-likeness (QED) is 0.0420. The zero-order valence-corrected chi connectivity index (χ0v) is 29.8. The number of amides is 6. The van der Waals surface area contributed by atoms with Gasteiger partial charge in [-0.25, -0.2) is 9.59 Å². The Balaban J connectivity index is 0.984. The zero-order chi connectivity index (χ0) is 37.7. The molecule has 15 heteroatoms. The van der Waals surface area contributed by atoms with E-state index in [2.05, 4.69) is 26.3 Å². The number of benzene rings is 3. The van der Waals surface area contributed by atoms with Crippen LogP contribution in [0, 0.1) is 0 Å². The molecule has 1 aliphatic rings. The first-order valence-electron chi connectivity index (χ1n) is 18.0. The van der Waals surface area contributed by atoms with Gasteiger partial charge in [0, 0.05) is 61.6 Å². The van der Waals surface area contributed by atoms with E-state index in [0.29, 0.717) is 59.5 Å². The maximum atomic E-state index is 13.4. The number of nitrogens with zero attached hydrogens (tertiary/aromatic N) is 2. The summed E-state index contributed by atoms with van der Waals surface area (Å²) < 4.78 is 0. The van der Waals surface area contributed by atoms with Crippen molar-refractivity contribution in [2.45, 2.75) is 51.5 Å². The predicted molar refractivity (Wildman–Crippen MR) is 204 cm³/mol. The van der Waals surface area contributed by atoms with E-state index in [9.17, 15) is 34.0 Å². The number of aromatic amines is 1. The Morgan fingerprint density at radius 1 is 0.792 bits per heavy atom. The number of nitrogens with one attached hydrogen (secondary N) is 5. The summed E-state index contributed by atoms with van der Waals surface area (Å²) in [5.74, 6) is -1.39. The molecule has 1 aliphatic heterocycles. The lowest BCUT2D eigenvalue weighted by Gasteiger charge is -2.39. The third kappa shape index (κ3) is 10.5. The summed E-state index contributed by atoms with van der Waals surface area (Å²) in [5, 5.41) is 30.2. The van der Waals surface area contributed by atoms with Crippen molar-refractivity contribution in [2.24, 2.45) is 0 Å². The molecule has 7 N–H and O–H groups in total. The van der Waals surface area contributed by atoms with E-state index >= 15 is 0 Å². The van der Waals surface area contributed by atoms with Gasteiger partial charge in [-0.05, 0) is 55.6 Å². The minimum absolute atomic E-state index is 0.106. The number of unbranched alkanes of at least 4 members (excludes halogenated alkanes) is 5. The Morgan fingerprint density at radius 3 is 2.13 bits per heavy atom. The third-order valence-corrected chi connectivity index (χ3v) is 9.22. The average Bonchev–Trinajstić information content (AvgIpc) is 3.60. The number of piperazine rings is 1. The molecule has 0 bridgehead atoms. The zero-order valence-electron chi connectivity index (χ0n) is 29.8. The van der Waals surface area contributed by atoms with Crippen LogP contribution in [-0.2, 0) is 4.79 Å². The average molecular weight is 724 g/mol. The summed E-state index contributed by atoms with van der Waals surface area (Å²) in [7, 11) is -1.60. The van der Waals surface area contributed by atoms with Gasteiger partial charge in [0.2, 0.25) is 0 Å². The van der Waals surface area contributed by atoms with Crippen molar-refractivity contribution in [1.29, 1.82) is 0 Å².